The third-order valence-electron chi connectivity index (χ3n) is 3.69. The summed E-state index contributed by atoms with van der Waals surface area (Å²) in [4.78, 5) is 24.1. The first-order valence-electron chi connectivity index (χ1n) is 7.28. The Balaban J connectivity index is 2.02. The van der Waals surface area contributed by atoms with Crippen molar-refractivity contribution in [3.05, 3.63) is 64.0 Å². The van der Waals surface area contributed by atoms with Crippen LogP contribution >= 0.6 is 0 Å². The fourth-order valence-electron chi connectivity index (χ4n) is 2.50. The molecule has 0 saturated heterocycles. The second kappa shape index (κ2) is 6.08. The summed E-state index contributed by atoms with van der Waals surface area (Å²) < 4.78 is 11.5. The normalized spacial score (nSPS) is 10.9. The lowest BCUT2D eigenvalue weighted by Crippen LogP contribution is -2.23. The molecule has 3 rings (SSSR count). The number of nitrogens with zero attached hydrogens (tertiary/aromatic N) is 2. The van der Waals surface area contributed by atoms with E-state index in [0.717, 1.165) is 10.9 Å². The smallest absolute Gasteiger partial charge is 0.373 e. The Morgan fingerprint density at radius 2 is 2.13 bits per heavy atom. The van der Waals surface area contributed by atoms with Gasteiger partial charge in [0.25, 0.3) is 5.56 Å². The number of aromatic nitrogens is 2. The Hall–Kier alpha value is -2.89. The van der Waals surface area contributed by atoms with Crippen LogP contribution in [0.25, 0.3) is 10.8 Å². The van der Waals surface area contributed by atoms with E-state index in [-0.39, 0.29) is 17.9 Å². The van der Waals surface area contributed by atoms with E-state index in [1.54, 1.807) is 18.3 Å². The van der Waals surface area contributed by atoms with E-state index in [9.17, 15) is 9.59 Å². The number of furan rings is 1. The first kappa shape index (κ1) is 15.0. The van der Waals surface area contributed by atoms with Crippen LogP contribution in [-0.2, 0) is 17.7 Å². The van der Waals surface area contributed by atoms with Gasteiger partial charge in [-0.1, -0.05) is 25.1 Å². The first-order valence-corrected chi connectivity index (χ1v) is 7.28. The number of carbonyl (C=O) groups is 1. The van der Waals surface area contributed by atoms with Gasteiger partial charge in [-0.05, 0) is 12.1 Å². The van der Waals surface area contributed by atoms with E-state index in [2.05, 4.69) is 9.84 Å². The zero-order chi connectivity index (χ0) is 16.4. The molecule has 0 N–H and O–H groups in total. The molecule has 1 aromatic carbocycles. The predicted octanol–water partition coefficient (Wildman–Crippen LogP) is 2.39. The summed E-state index contributed by atoms with van der Waals surface area (Å²) in [5.74, 6) is 0.241. The maximum Gasteiger partial charge on any atom is 0.373 e. The molecule has 2 heterocycles. The van der Waals surface area contributed by atoms with Crippen LogP contribution in [-0.4, -0.2) is 22.9 Å². The Labute approximate surface area is 132 Å². The van der Waals surface area contributed by atoms with Crippen LogP contribution < -0.4 is 5.56 Å². The zero-order valence-electron chi connectivity index (χ0n) is 12.9. The van der Waals surface area contributed by atoms with Crippen LogP contribution in [0.5, 0.6) is 0 Å². The maximum atomic E-state index is 12.5. The molecule has 0 aliphatic rings. The molecular formula is C17H16N2O4. The van der Waals surface area contributed by atoms with Gasteiger partial charge in [-0.25, -0.2) is 9.48 Å². The Kier molecular flexibility index (Phi) is 3.97. The van der Waals surface area contributed by atoms with Crippen molar-refractivity contribution in [1.29, 1.82) is 0 Å². The molecule has 0 spiro atoms. The average Bonchev–Trinajstić information content (AvgIpc) is 3.00. The molecule has 118 valence electrons. The molecule has 0 aliphatic carbocycles. The molecule has 3 aromatic rings. The topological polar surface area (TPSA) is 74.3 Å². The highest BCUT2D eigenvalue weighted by molar-refractivity contribution is 5.86. The van der Waals surface area contributed by atoms with Crippen LogP contribution in [0.15, 0.2) is 45.7 Å². The van der Waals surface area contributed by atoms with Gasteiger partial charge in [0, 0.05) is 17.4 Å². The van der Waals surface area contributed by atoms with E-state index < -0.39 is 5.97 Å². The number of rotatable bonds is 4. The summed E-state index contributed by atoms with van der Waals surface area (Å²) in [6.45, 7) is 2.16. The highest BCUT2D eigenvalue weighted by Crippen LogP contribution is 2.18. The lowest BCUT2D eigenvalue weighted by atomic mass is 10.2. The number of fused-ring (bicyclic) bond motifs is 1. The van der Waals surface area contributed by atoms with Crippen LogP contribution in [0.3, 0.4) is 0 Å². The van der Waals surface area contributed by atoms with Crippen molar-refractivity contribution in [2.24, 2.45) is 0 Å². The first-order chi connectivity index (χ1) is 11.1. The Bertz CT molecular complexity index is 924. The van der Waals surface area contributed by atoms with Crippen LogP contribution in [0.1, 0.15) is 28.8 Å². The summed E-state index contributed by atoms with van der Waals surface area (Å²) in [5, 5.41) is 5.60. The molecule has 6 heteroatoms. The second-order valence-electron chi connectivity index (χ2n) is 5.10. The summed E-state index contributed by atoms with van der Waals surface area (Å²) in [6, 6.07) is 8.90. The third-order valence-corrected chi connectivity index (χ3v) is 3.69. The minimum absolute atomic E-state index is 0.133. The van der Waals surface area contributed by atoms with Crippen LogP contribution in [0.4, 0.5) is 0 Å². The summed E-state index contributed by atoms with van der Waals surface area (Å²) in [6.07, 6.45) is 2.26. The lowest BCUT2D eigenvalue weighted by molar-refractivity contribution is 0.0563. The van der Waals surface area contributed by atoms with Crippen molar-refractivity contribution in [1.82, 2.24) is 9.78 Å². The maximum absolute atomic E-state index is 12.5. The molecule has 0 atom stereocenters. The van der Waals surface area contributed by atoms with Crippen molar-refractivity contribution in [2.45, 2.75) is 19.9 Å². The predicted molar refractivity (Wildman–Crippen MR) is 84.5 cm³/mol. The number of methoxy groups -OCH3 is 1. The number of ether oxygens (including phenoxy) is 1. The summed E-state index contributed by atoms with van der Waals surface area (Å²) in [5.41, 5.74) is 0.573. The van der Waals surface area contributed by atoms with Crippen LogP contribution in [0.2, 0.25) is 0 Å². The third kappa shape index (κ3) is 2.75. The highest BCUT2D eigenvalue weighted by Gasteiger charge is 2.17. The van der Waals surface area contributed by atoms with Gasteiger partial charge in [-0.2, -0.15) is 5.10 Å². The molecule has 6 nitrogen and oxygen atoms in total. The SMILES string of the molecule is CCc1oc(C(=O)OC)cc1Cn1ncc2ccccc2c1=O. The van der Waals surface area contributed by atoms with E-state index >= 15 is 0 Å². The monoisotopic (exact) mass is 312 g/mol. The molecule has 23 heavy (non-hydrogen) atoms. The fraction of sp³-hybridized carbons (Fsp3) is 0.235. The standard InChI is InChI=1S/C17H16N2O4/c1-3-14-12(8-15(23-14)17(21)22-2)10-19-16(20)13-7-5-4-6-11(13)9-18-19/h4-9H,3,10H2,1-2H3. The Morgan fingerprint density at radius 1 is 1.35 bits per heavy atom. The number of hydrogen-bond donors (Lipinski definition) is 0. The van der Waals surface area contributed by atoms with Gasteiger partial charge in [-0.15, -0.1) is 0 Å². The van der Waals surface area contributed by atoms with Gasteiger partial charge < -0.3 is 9.15 Å². The van der Waals surface area contributed by atoms with Crippen LogP contribution in [0, 0.1) is 0 Å². The minimum atomic E-state index is -0.537. The van der Waals surface area contributed by atoms with Gasteiger partial charge in [0.1, 0.15) is 5.76 Å². The average molecular weight is 312 g/mol. The zero-order valence-corrected chi connectivity index (χ0v) is 12.9. The van der Waals surface area contributed by atoms with E-state index in [0.29, 0.717) is 17.6 Å². The molecule has 0 saturated carbocycles. The molecule has 0 radical (unpaired) electrons. The van der Waals surface area contributed by atoms with Gasteiger partial charge >= 0.3 is 5.97 Å². The number of esters is 1. The van der Waals surface area contributed by atoms with Crippen molar-refractivity contribution >= 4 is 16.7 Å². The quantitative estimate of drug-likeness (QED) is 0.692. The lowest BCUT2D eigenvalue weighted by Gasteiger charge is -2.05. The fourth-order valence-corrected chi connectivity index (χ4v) is 2.50. The molecule has 0 fully saturated rings. The van der Waals surface area contributed by atoms with Gasteiger partial charge in [0.05, 0.1) is 25.2 Å². The van der Waals surface area contributed by atoms with Gasteiger partial charge in [0.2, 0.25) is 5.76 Å². The molecule has 0 unspecified atom stereocenters. The Morgan fingerprint density at radius 3 is 2.87 bits per heavy atom. The van der Waals surface area contributed by atoms with Gasteiger partial charge in [-0.3, -0.25) is 4.79 Å². The van der Waals surface area contributed by atoms with Crippen molar-refractivity contribution in [2.75, 3.05) is 7.11 Å². The molecule has 0 amide bonds. The number of aryl methyl sites for hydroxylation is 1. The minimum Gasteiger partial charge on any atom is -0.463 e. The second-order valence-corrected chi connectivity index (χ2v) is 5.10. The van der Waals surface area contributed by atoms with E-state index in [1.165, 1.54) is 11.8 Å². The number of hydrogen-bond acceptors (Lipinski definition) is 5. The van der Waals surface area contributed by atoms with Gasteiger partial charge in [0.15, 0.2) is 0 Å². The molecule has 0 bridgehead atoms. The van der Waals surface area contributed by atoms with E-state index in [4.69, 9.17) is 4.42 Å². The summed E-state index contributed by atoms with van der Waals surface area (Å²) in [7, 11) is 1.30. The molecular weight excluding hydrogens is 296 g/mol. The summed E-state index contributed by atoms with van der Waals surface area (Å²) >= 11 is 0. The molecule has 2 aromatic heterocycles. The van der Waals surface area contributed by atoms with Crippen molar-refractivity contribution in [3.8, 4) is 0 Å². The number of benzene rings is 1. The molecule has 0 aliphatic heterocycles. The highest BCUT2D eigenvalue weighted by atomic mass is 16.5. The van der Waals surface area contributed by atoms with Crippen molar-refractivity contribution < 1.29 is 13.9 Å². The van der Waals surface area contributed by atoms with E-state index in [1.807, 2.05) is 25.1 Å². The van der Waals surface area contributed by atoms with Crippen molar-refractivity contribution in [3.63, 3.8) is 0 Å². The number of carbonyl (C=O) groups excluding carboxylic acids is 1. The largest absolute Gasteiger partial charge is 0.463 e.